The van der Waals surface area contributed by atoms with E-state index in [1.54, 1.807) is 12.1 Å². The highest BCUT2D eigenvalue weighted by atomic mass is 16.3. The lowest BCUT2D eigenvalue weighted by molar-refractivity contribution is 0.102. The maximum Gasteiger partial charge on any atom is 0.189 e. The molecule has 0 bridgehead atoms. The zero-order valence-corrected chi connectivity index (χ0v) is 13.0. The second kappa shape index (κ2) is 6.76. The van der Waals surface area contributed by atoms with Crippen LogP contribution in [-0.4, -0.2) is 10.9 Å². The fourth-order valence-electron chi connectivity index (χ4n) is 3.17. The number of allylic oxidation sites excluding steroid dienone is 3. The number of aliphatic hydroxyl groups is 1. The molecule has 0 aliphatic heterocycles. The van der Waals surface area contributed by atoms with Crippen LogP contribution >= 0.6 is 0 Å². The molecule has 0 heterocycles. The molecule has 1 N–H and O–H groups in total. The number of carbonyl (C=O) groups is 1. The molecule has 2 aromatic carbocycles. The van der Waals surface area contributed by atoms with E-state index in [-0.39, 0.29) is 5.78 Å². The minimum absolute atomic E-state index is 0.0166. The molecule has 0 spiro atoms. The third-order valence-electron chi connectivity index (χ3n) is 4.40. The Hall–Kier alpha value is -2.45. The summed E-state index contributed by atoms with van der Waals surface area (Å²) >= 11 is 0. The van der Waals surface area contributed by atoms with E-state index in [1.165, 1.54) is 0 Å². The molecule has 0 radical (unpaired) electrons. The smallest absolute Gasteiger partial charge is 0.189 e. The molecule has 1 aliphatic rings. The number of aliphatic hydroxyl groups excluding tert-OH is 1. The Morgan fingerprint density at radius 1 is 1.04 bits per heavy atom. The summed E-state index contributed by atoms with van der Waals surface area (Å²) in [5, 5.41) is 10.7. The van der Waals surface area contributed by atoms with Crippen molar-refractivity contribution in [3.8, 4) is 0 Å². The summed E-state index contributed by atoms with van der Waals surface area (Å²) in [6, 6.07) is 16.8. The highest BCUT2D eigenvalue weighted by molar-refractivity contribution is 6.10. The van der Waals surface area contributed by atoms with Crippen LogP contribution in [0.15, 0.2) is 78.4 Å². The molecular weight excluding hydrogens is 284 g/mol. The van der Waals surface area contributed by atoms with Gasteiger partial charge in [0.05, 0.1) is 0 Å². The van der Waals surface area contributed by atoms with Gasteiger partial charge in [0, 0.05) is 11.1 Å². The molecule has 2 heteroatoms. The Bertz CT molecular complexity index is 756. The van der Waals surface area contributed by atoms with E-state index in [1.807, 2.05) is 48.5 Å². The lowest BCUT2D eigenvalue weighted by atomic mass is 9.91. The third-order valence-corrected chi connectivity index (χ3v) is 4.40. The molecule has 2 aromatic rings. The van der Waals surface area contributed by atoms with Gasteiger partial charge in [-0.1, -0.05) is 67.3 Å². The predicted molar refractivity (Wildman–Crippen MR) is 92.4 cm³/mol. The molecule has 2 nitrogen and oxygen atoms in total. The van der Waals surface area contributed by atoms with Crippen LogP contribution in [0.4, 0.5) is 0 Å². The van der Waals surface area contributed by atoms with E-state index in [9.17, 15) is 9.90 Å². The highest BCUT2D eigenvalue weighted by Crippen LogP contribution is 2.32. The first-order valence-electron chi connectivity index (χ1n) is 7.93. The zero-order chi connectivity index (χ0) is 16.2. The van der Waals surface area contributed by atoms with Crippen molar-refractivity contribution in [2.75, 3.05) is 0 Å². The lowest BCUT2D eigenvalue weighted by Crippen LogP contribution is -2.10. The van der Waals surface area contributed by atoms with Crippen LogP contribution in [0.25, 0.3) is 0 Å². The quantitative estimate of drug-likeness (QED) is 0.819. The Balaban J connectivity index is 2.02. The van der Waals surface area contributed by atoms with Gasteiger partial charge in [-0.3, -0.25) is 4.79 Å². The number of carbonyl (C=O) groups excluding carboxylic acids is 1. The maximum atomic E-state index is 13.0. The fourth-order valence-corrected chi connectivity index (χ4v) is 3.17. The van der Waals surface area contributed by atoms with E-state index >= 15 is 0 Å². The molecule has 23 heavy (non-hydrogen) atoms. The number of hydrogen-bond acceptors (Lipinski definition) is 2. The summed E-state index contributed by atoms with van der Waals surface area (Å²) in [6.45, 7) is 3.81. The molecule has 1 aliphatic carbocycles. The van der Waals surface area contributed by atoms with Crippen LogP contribution in [0.2, 0.25) is 0 Å². The molecular formula is C21H20O2. The first kappa shape index (κ1) is 15.4. The summed E-state index contributed by atoms with van der Waals surface area (Å²) < 4.78 is 0. The Morgan fingerprint density at radius 2 is 1.74 bits per heavy atom. The van der Waals surface area contributed by atoms with Gasteiger partial charge in [-0.25, -0.2) is 0 Å². The number of benzene rings is 2. The van der Waals surface area contributed by atoms with Gasteiger partial charge in [0.1, 0.15) is 6.10 Å². The topological polar surface area (TPSA) is 37.3 Å². The standard InChI is InChI=1S/C21H20O2/c1-2-15-11-8-14-17(15)21(23)19-13-7-6-12-18(19)20(22)16-9-4-3-5-10-16/h2-7,9-10,12-13,20,22H,1,8,11,14H2. The molecule has 0 aromatic heterocycles. The van der Waals surface area contributed by atoms with Crippen molar-refractivity contribution in [1.82, 2.24) is 0 Å². The molecule has 0 saturated carbocycles. The molecule has 116 valence electrons. The van der Waals surface area contributed by atoms with Crippen LogP contribution in [0, 0.1) is 0 Å². The van der Waals surface area contributed by atoms with Crippen molar-refractivity contribution in [3.63, 3.8) is 0 Å². The van der Waals surface area contributed by atoms with Crippen molar-refractivity contribution in [2.45, 2.75) is 25.4 Å². The van der Waals surface area contributed by atoms with E-state index in [0.29, 0.717) is 11.1 Å². The SMILES string of the molecule is C=CC1=C(C(=O)c2ccccc2C(O)c2ccccc2)CCC1. The van der Waals surface area contributed by atoms with Gasteiger partial charge in [-0.15, -0.1) is 0 Å². The zero-order valence-electron chi connectivity index (χ0n) is 13.0. The summed E-state index contributed by atoms with van der Waals surface area (Å²) in [4.78, 5) is 13.0. The molecule has 0 fully saturated rings. The summed E-state index contributed by atoms with van der Waals surface area (Å²) in [7, 11) is 0. The van der Waals surface area contributed by atoms with Crippen molar-refractivity contribution >= 4 is 5.78 Å². The predicted octanol–water partition coefficient (Wildman–Crippen LogP) is 4.62. The van der Waals surface area contributed by atoms with Crippen LogP contribution in [0.1, 0.15) is 46.9 Å². The van der Waals surface area contributed by atoms with Gasteiger partial charge in [0.2, 0.25) is 0 Å². The van der Waals surface area contributed by atoms with E-state index in [4.69, 9.17) is 0 Å². The minimum atomic E-state index is -0.800. The number of ketones is 1. The molecule has 0 saturated heterocycles. The highest BCUT2D eigenvalue weighted by Gasteiger charge is 2.24. The largest absolute Gasteiger partial charge is 0.384 e. The van der Waals surface area contributed by atoms with E-state index in [2.05, 4.69) is 6.58 Å². The normalized spacial score (nSPS) is 15.5. The Kier molecular flexibility index (Phi) is 4.54. The van der Waals surface area contributed by atoms with Gasteiger partial charge in [0.25, 0.3) is 0 Å². The second-order valence-corrected chi connectivity index (χ2v) is 5.79. The van der Waals surface area contributed by atoms with E-state index in [0.717, 1.165) is 36.0 Å². The van der Waals surface area contributed by atoms with Crippen molar-refractivity contribution in [2.24, 2.45) is 0 Å². The van der Waals surface area contributed by atoms with Crippen LogP contribution < -0.4 is 0 Å². The monoisotopic (exact) mass is 304 g/mol. The average molecular weight is 304 g/mol. The summed E-state index contributed by atoms with van der Waals surface area (Å²) in [5.41, 5.74) is 3.91. The summed E-state index contributed by atoms with van der Waals surface area (Å²) in [6.07, 6.45) is 3.68. The second-order valence-electron chi connectivity index (χ2n) is 5.79. The molecule has 1 atom stereocenters. The first-order chi connectivity index (χ1) is 11.2. The average Bonchev–Trinajstić information content (AvgIpc) is 3.10. The first-order valence-corrected chi connectivity index (χ1v) is 7.93. The lowest BCUT2D eigenvalue weighted by Gasteiger charge is -2.16. The maximum absolute atomic E-state index is 13.0. The Morgan fingerprint density at radius 3 is 2.48 bits per heavy atom. The summed E-state index contributed by atoms with van der Waals surface area (Å²) in [5.74, 6) is 0.0166. The van der Waals surface area contributed by atoms with Crippen molar-refractivity contribution < 1.29 is 9.90 Å². The number of hydrogen-bond donors (Lipinski definition) is 1. The van der Waals surface area contributed by atoms with Gasteiger partial charge < -0.3 is 5.11 Å². The van der Waals surface area contributed by atoms with Crippen LogP contribution in [-0.2, 0) is 0 Å². The van der Waals surface area contributed by atoms with Crippen LogP contribution in [0.5, 0.6) is 0 Å². The Labute approximate surface area is 136 Å². The van der Waals surface area contributed by atoms with Crippen LogP contribution in [0.3, 0.4) is 0 Å². The molecule has 1 unspecified atom stereocenters. The van der Waals surface area contributed by atoms with Crippen molar-refractivity contribution in [3.05, 3.63) is 95.1 Å². The fraction of sp³-hybridized carbons (Fsp3) is 0.190. The third kappa shape index (κ3) is 3.03. The van der Waals surface area contributed by atoms with Crippen molar-refractivity contribution in [1.29, 1.82) is 0 Å². The van der Waals surface area contributed by atoms with Gasteiger partial charge >= 0.3 is 0 Å². The van der Waals surface area contributed by atoms with Gasteiger partial charge in [-0.05, 0) is 36.0 Å². The van der Waals surface area contributed by atoms with Gasteiger partial charge in [-0.2, -0.15) is 0 Å². The molecule has 0 amide bonds. The number of rotatable bonds is 5. The molecule has 3 rings (SSSR count). The van der Waals surface area contributed by atoms with Gasteiger partial charge in [0.15, 0.2) is 5.78 Å². The van der Waals surface area contributed by atoms with E-state index < -0.39 is 6.10 Å². The number of Topliss-reactive ketones (excluding diaryl/α,β-unsaturated/α-hetero) is 1. The minimum Gasteiger partial charge on any atom is -0.384 e.